The third-order valence-electron chi connectivity index (χ3n) is 5.09. The van der Waals surface area contributed by atoms with E-state index in [0.29, 0.717) is 5.56 Å². The number of aromatic nitrogens is 1. The van der Waals surface area contributed by atoms with E-state index in [-0.39, 0.29) is 4.21 Å². The third-order valence-corrected chi connectivity index (χ3v) is 8.33. The number of carbonyl (C=O) groups excluding carboxylic acids is 1. The molecule has 1 amide bonds. The fourth-order valence-corrected chi connectivity index (χ4v) is 5.98. The summed E-state index contributed by atoms with van der Waals surface area (Å²) >= 11 is 1.21. The molecule has 1 aromatic carbocycles. The van der Waals surface area contributed by atoms with Crippen molar-refractivity contribution in [2.75, 3.05) is 26.3 Å². The molecule has 0 atom stereocenters. The molecule has 0 saturated carbocycles. The zero-order chi connectivity index (χ0) is 22.6. The summed E-state index contributed by atoms with van der Waals surface area (Å²) in [7, 11) is -3.74. The standard InChI is InChI=1S/C22H23N3O5S2/c26-21(23-27)7-3-18-9-10-25(16-18)32(28,29)22-8-6-20(31-22)19-4-1-17(2-5-19)15-24-11-13-30-14-12-24/h1-10,16,27H,11-15H2,(H,23,26)/b7-3+. The first-order chi connectivity index (χ1) is 15.5. The van der Waals surface area contributed by atoms with Crippen LogP contribution in [0.25, 0.3) is 16.5 Å². The molecule has 32 heavy (non-hydrogen) atoms. The van der Waals surface area contributed by atoms with E-state index in [4.69, 9.17) is 9.94 Å². The van der Waals surface area contributed by atoms with Crippen molar-refractivity contribution in [2.45, 2.75) is 10.8 Å². The minimum absolute atomic E-state index is 0.226. The van der Waals surface area contributed by atoms with Gasteiger partial charge in [-0.1, -0.05) is 24.3 Å². The van der Waals surface area contributed by atoms with Gasteiger partial charge in [-0.3, -0.25) is 14.9 Å². The summed E-state index contributed by atoms with van der Waals surface area (Å²) in [5.41, 5.74) is 4.18. The summed E-state index contributed by atoms with van der Waals surface area (Å²) in [5.74, 6) is -0.695. The highest BCUT2D eigenvalue weighted by molar-refractivity contribution is 7.92. The fraction of sp³-hybridized carbons (Fsp3) is 0.227. The van der Waals surface area contributed by atoms with Crippen molar-refractivity contribution >= 4 is 33.3 Å². The highest BCUT2D eigenvalue weighted by Gasteiger charge is 2.20. The van der Waals surface area contributed by atoms with E-state index in [0.717, 1.165) is 53.3 Å². The van der Waals surface area contributed by atoms with E-state index in [1.54, 1.807) is 12.1 Å². The van der Waals surface area contributed by atoms with Crippen molar-refractivity contribution in [2.24, 2.45) is 0 Å². The molecule has 1 fully saturated rings. The Kier molecular flexibility index (Phi) is 6.87. The number of hydrogen-bond donors (Lipinski definition) is 2. The van der Waals surface area contributed by atoms with Gasteiger partial charge in [0, 0.05) is 43.0 Å². The number of carbonyl (C=O) groups is 1. The van der Waals surface area contributed by atoms with Crippen LogP contribution in [0.2, 0.25) is 0 Å². The van der Waals surface area contributed by atoms with Gasteiger partial charge in [0.1, 0.15) is 4.21 Å². The van der Waals surface area contributed by atoms with Gasteiger partial charge in [-0.15, -0.1) is 11.3 Å². The van der Waals surface area contributed by atoms with Gasteiger partial charge in [-0.25, -0.2) is 9.45 Å². The summed E-state index contributed by atoms with van der Waals surface area (Å²) in [6.45, 7) is 4.26. The van der Waals surface area contributed by atoms with Crippen molar-refractivity contribution in [3.63, 3.8) is 0 Å². The number of nitrogens with one attached hydrogen (secondary N) is 1. The predicted molar refractivity (Wildman–Crippen MR) is 122 cm³/mol. The monoisotopic (exact) mass is 473 g/mol. The van der Waals surface area contributed by atoms with Gasteiger partial charge in [-0.05, 0) is 41.0 Å². The molecule has 0 bridgehead atoms. The first-order valence-electron chi connectivity index (χ1n) is 10.0. The number of thiophene rings is 1. The Morgan fingerprint density at radius 2 is 1.88 bits per heavy atom. The molecule has 1 aliphatic heterocycles. The Hall–Kier alpha value is -2.76. The normalized spacial score (nSPS) is 15.3. The van der Waals surface area contributed by atoms with Crippen LogP contribution in [-0.4, -0.2) is 54.7 Å². The summed E-state index contributed by atoms with van der Waals surface area (Å²) < 4.78 is 32.7. The number of amides is 1. The van der Waals surface area contributed by atoms with Crippen molar-refractivity contribution in [1.82, 2.24) is 14.4 Å². The number of benzene rings is 1. The SMILES string of the molecule is O=C(/C=C/c1ccn(S(=O)(=O)c2ccc(-c3ccc(CN4CCOCC4)cc3)s2)c1)NO. The maximum absolute atomic E-state index is 13.0. The minimum Gasteiger partial charge on any atom is -0.379 e. The molecule has 2 aromatic heterocycles. The largest absolute Gasteiger partial charge is 0.379 e. The molecule has 0 radical (unpaired) electrons. The fourth-order valence-electron chi connectivity index (χ4n) is 3.36. The molecule has 1 aliphatic rings. The Morgan fingerprint density at radius 1 is 1.12 bits per heavy atom. The average Bonchev–Trinajstić information content (AvgIpc) is 3.49. The lowest BCUT2D eigenvalue weighted by Crippen LogP contribution is -2.35. The molecule has 3 heterocycles. The molecule has 0 spiro atoms. The molecule has 168 valence electrons. The first-order valence-corrected chi connectivity index (χ1v) is 12.3. The number of hydrogen-bond acceptors (Lipinski definition) is 7. The molecule has 1 saturated heterocycles. The van der Waals surface area contributed by atoms with Gasteiger partial charge in [-0.2, -0.15) is 8.42 Å². The lowest BCUT2D eigenvalue weighted by atomic mass is 10.1. The lowest BCUT2D eigenvalue weighted by Gasteiger charge is -2.26. The molecule has 0 aliphatic carbocycles. The third kappa shape index (κ3) is 5.17. The van der Waals surface area contributed by atoms with Crippen LogP contribution in [0.15, 0.2) is 65.1 Å². The van der Waals surface area contributed by atoms with Gasteiger partial charge < -0.3 is 4.74 Å². The second-order valence-corrected chi connectivity index (χ2v) is 10.4. The molecule has 2 N–H and O–H groups in total. The summed E-state index contributed by atoms with van der Waals surface area (Å²) in [6.07, 6.45) is 5.36. The predicted octanol–water partition coefficient (Wildman–Crippen LogP) is 2.80. The second kappa shape index (κ2) is 9.80. The van der Waals surface area contributed by atoms with Gasteiger partial charge in [0.2, 0.25) is 0 Å². The zero-order valence-corrected chi connectivity index (χ0v) is 18.8. The van der Waals surface area contributed by atoms with Crippen molar-refractivity contribution in [3.8, 4) is 10.4 Å². The van der Waals surface area contributed by atoms with Gasteiger partial charge in [0.25, 0.3) is 15.9 Å². The molecule has 8 nitrogen and oxygen atoms in total. The van der Waals surface area contributed by atoms with Crippen LogP contribution in [0, 0.1) is 0 Å². The van der Waals surface area contributed by atoms with Gasteiger partial charge in [0.15, 0.2) is 0 Å². The molecular weight excluding hydrogens is 450 g/mol. The maximum atomic E-state index is 13.0. The number of rotatable bonds is 7. The maximum Gasteiger partial charge on any atom is 0.277 e. The van der Waals surface area contributed by atoms with E-state index >= 15 is 0 Å². The Balaban J connectivity index is 1.47. The van der Waals surface area contributed by atoms with Crippen LogP contribution in [-0.2, 0) is 26.1 Å². The molecule has 10 heteroatoms. The Bertz CT molecular complexity index is 1210. The topological polar surface area (TPSA) is 101 Å². The Labute approximate surface area is 190 Å². The van der Waals surface area contributed by atoms with E-state index in [2.05, 4.69) is 17.0 Å². The van der Waals surface area contributed by atoms with E-state index < -0.39 is 15.9 Å². The molecule has 0 unspecified atom stereocenters. The van der Waals surface area contributed by atoms with Crippen LogP contribution in [0.5, 0.6) is 0 Å². The molecule has 4 rings (SSSR count). The lowest BCUT2D eigenvalue weighted by molar-refractivity contribution is -0.124. The summed E-state index contributed by atoms with van der Waals surface area (Å²) in [5, 5.41) is 8.52. The van der Waals surface area contributed by atoms with E-state index in [1.807, 2.05) is 18.2 Å². The van der Waals surface area contributed by atoms with Gasteiger partial charge in [0.05, 0.1) is 13.2 Å². The summed E-state index contributed by atoms with van der Waals surface area (Å²) in [6, 6.07) is 13.2. The number of nitrogens with zero attached hydrogens (tertiary/aromatic N) is 2. The van der Waals surface area contributed by atoms with Crippen molar-refractivity contribution in [1.29, 1.82) is 0 Å². The van der Waals surface area contributed by atoms with E-state index in [1.165, 1.54) is 40.9 Å². The highest BCUT2D eigenvalue weighted by Crippen LogP contribution is 2.32. The zero-order valence-electron chi connectivity index (χ0n) is 17.2. The number of morpholine rings is 1. The molecule has 3 aromatic rings. The van der Waals surface area contributed by atoms with Crippen molar-refractivity contribution in [3.05, 3.63) is 72.1 Å². The summed E-state index contributed by atoms with van der Waals surface area (Å²) in [4.78, 5) is 14.3. The number of ether oxygens (including phenoxy) is 1. The van der Waals surface area contributed by atoms with E-state index in [9.17, 15) is 13.2 Å². The van der Waals surface area contributed by atoms with Gasteiger partial charge >= 0.3 is 0 Å². The molecular formula is C22H23N3O5S2. The van der Waals surface area contributed by atoms with Crippen molar-refractivity contribution < 1.29 is 23.2 Å². The van der Waals surface area contributed by atoms with Crippen LogP contribution in [0.3, 0.4) is 0 Å². The highest BCUT2D eigenvalue weighted by atomic mass is 32.2. The smallest absolute Gasteiger partial charge is 0.277 e. The number of hydroxylamine groups is 1. The average molecular weight is 474 g/mol. The second-order valence-electron chi connectivity index (χ2n) is 7.29. The Morgan fingerprint density at radius 3 is 2.59 bits per heavy atom. The van der Waals surface area contributed by atoms with Crippen LogP contribution in [0.4, 0.5) is 0 Å². The van der Waals surface area contributed by atoms with Crippen LogP contribution in [0.1, 0.15) is 11.1 Å². The van der Waals surface area contributed by atoms with Crippen LogP contribution >= 0.6 is 11.3 Å². The first kappa shape index (κ1) is 22.4. The minimum atomic E-state index is -3.74. The van der Waals surface area contributed by atoms with Crippen LogP contribution < -0.4 is 5.48 Å². The quantitative estimate of drug-likeness (QED) is 0.311.